The van der Waals surface area contributed by atoms with Crippen LogP contribution in [0.5, 0.6) is 0 Å². The van der Waals surface area contributed by atoms with Gasteiger partial charge < -0.3 is 4.74 Å². The zero-order valence-corrected chi connectivity index (χ0v) is 16.5. The third kappa shape index (κ3) is 3.79. The van der Waals surface area contributed by atoms with Crippen LogP contribution in [-0.2, 0) is 9.53 Å². The minimum atomic E-state index is -1.36. The minimum Gasteiger partial charge on any atom is -0.456 e. The first-order chi connectivity index (χ1) is 13.7. The monoisotopic (exact) mass is 460 g/mol. The van der Waals surface area contributed by atoms with Crippen LogP contribution in [-0.4, -0.2) is 46.0 Å². The molecule has 148 valence electrons. The molecule has 0 fully saturated rings. The standard InChI is InChI=1S/C19H13BrN2O7/c1-10(19(26)29-9-15(23)11-5-7-12(20)8-6-11)21-17(24)13-3-2-4-14(22(27)28)16(13)18(21)25/h2-8,10H,9H2,1H3/t10-/m0/s1. The van der Waals surface area contributed by atoms with Crippen molar-refractivity contribution >= 4 is 45.2 Å². The van der Waals surface area contributed by atoms with E-state index >= 15 is 0 Å². The molecule has 0 bridgehead atoms. The Kier molecular flexibility index (Phi) is 5.55. The van der Waals surface area contributed by atoms with Crippen molar-refractivity contribution in [3.05, 3.63) is 73.7 Å². The van der Waals surface area contributed by atoms with Gasteiger partial charge in [-0.3, -0.25) is 29.4 Å². The van der Waals surface area contributed by atoms with E-state index in [1.807, 2.05) is 0 Å². The van der Waals surface area contributed by atoms with E-state index in [0.29, 0.717) is 10.5 Å². The summed E-state index contributed by atoms with van der Waals surface area (Å²) in [7, 11) is 0. The third-order valence-electron chi connectivity index (χ3n) is 4.36. The van der Waals surface area contributed by atoms with Crippen LogP contribution in [0, 0.1) is 10.1 Å². The molecule has 1 heterocycles. The molecule has 10 heteroatoms. The van der Waals surface area contributed by atoms with Crippen LogP contribution in [0.2, 0.25) is 0 Å². The molecule has 1 aliphatic heterocycles. The fraction of sp³-hybridized carbons (Fsp3) is 0.158. The number of fused-ring (bicyclic) bond motifs is 1. The van der Waals surface area contributed by atoms with Gasteiger partial charge in [-0.25, -0.2) is 4.79 Å². The Morgan fingerprint density at radius 2 is 1.79 bits per heavy atom. The summed E-state index contributed by atoms with van der Waals surface area (Å²) < 4.78 is 5.73. The molecule has 0 saturated carbocycles. The first-order valence-electron chi connectivity index (χ1n) is 8.33. The highest BCUT2D eigenvalue weighted by Gasteiger charge is 2.45. The third-order valence-corrected chi connectivity index (χ3v) is 4.89. The number of esters is 1. The lowest BCUT2D eigenvalue weighted by Crippen LogP contribution is -2.44. The maximum Gasteiger partial charge on any atom is 0.329 e. The fourth-order valence-electron chi connectivity index (χ4n) is 2.87. The largest absolute Gasteiger partial charge is 0.456 e. The van der Waals surface area contributed by atoms with E-state index in [-0.39, 0.29) is 11.1 Å². The quantitative estimate of drug-likeness (QED) is 0.213. The Labute approximate surface area is 172 Å². The molecule has 0 radical (unpaired) electrons. The smallest absolute Gasteiger partial charge is 0.329 e. The van der Waals surface area contributed by atoms with E-state index in [0.717, 1.165) is 10.5 Å². The van der Waals surface area contributed by atoms with Gasteiger partial charge in [0.25, 0.3) is 17.5 Å². The highest BCUT2D eigenvalue weighted by Crippen LogP contribution is 2.32. The summed E-state index contributed by atoms with van der Waals surface area (Å²) in [6.07, 6.45) is 0. The summed E-state index contributed by atoms with van der Waals surface area (Å²) in [5.41, 5.74) is -0.720. The van der Waals surface area contributed by atoms with E-state index in [4.69, 9.17) is 4.74 Å². The maximum atomic E-state index is 12.6. The second kappa shape index (κ2) is 7.92. The van der Waals surface area contributed by atoms with Gasteiger partial charge >= 0.3 is 5.97 Å². The Hall–Kier alpha value is -3.40. The lowest BCUT2D eigenvalue weighted by molar-refractivity contribution is -0.385. The number of nitro groups is 1. The number of nitrogens with zero attached hydrogens (tertiary/aromatic N) is 2. The second-order valence-electron chi connectivity index (χ2n) is 6.15. The zero-order valence-electron chi connectivity index (χ0n) is 15.0. The number of hydrogen-bond donors (Lipinski definition) is 0. The van der Waals surface area contributed by atoms with Crippen LogP contribution in [0.15, 0.2) is 46.9 Å². The summed E-state index contributed by atoms with van der Waals surface area (Å²) in [5.74, 6) is -3.23. The summed E-state index contributed by atoms with van der Waals surface area (Å²) in [6, 6.07) is 8.71. The normalized spacial score (nSPS) is 13.8. The highest BCUT2D eigenvalue weighted by atomic mass is 79.9. The van der Waals surface area contributed by atoms with Crippen LogP contribution in [0.4, 0.5) is 5.69 Å². The molecule has 0 spiro atoms. The summed E-state index contributed by atoms with van der Waals surface area (Å²) in [6.45, 7) is 0.675. The van der Waals surface area contributed by atoms with Gasteiger partial charge in [0.2, 0.25) is 0 Å². The fourth-order valence-corrected chi connectivity index (χ4v) is 3.14. The molecular weight excluding hydrogens is 448 g/mol. The van der Waals surface area contributed by atoms with Gasteiger partial charge in [-0.2, -0.15) is 0 Å². The van der Waals surface area contributed by atoms with Crippen molar-refractivity contribution in [1.82, 2.24) is 4.90 Å². The van der Waals surface area contributed by atoms with Crippen LogP contribution in [0.25, 0.3) is 0 Å². The van der Waals surface area contributed by atoms with Gasteiger partial charge in [0.1, 0.15) is 11.6 Å². The molecule has 2 aromatic rings. The molecule has 0 aromatic heterocycles. The van der Waals surface area contributed by atoms with Crippen molar-refractivity contribution in [1.29, 1.82) is 0 Å². The first-order valence-corrected chi connectivity index (χ1v) is 9.12. The maximum absolute atomic E-state index is 12.6. The van der Waals surface area contributed by atoms with Gasteiger partial charge in [0, 0.05) is 16.1 Å². The minimum absolute atomic E-state index is 0.158. The lowest BCUT2D eigenvalue weighted by atomic mass is 10.1. The topological polar surface area (TPSA) is 124 Å². The van der Waals surface area contributed by atoms with Gasteiger partial charge in [-0.05, 0) is 25.1 Å². The number of ether oxygens (including phenoxy) is 1. The number of benzene rings is 2. The molecule has 0 saturated heterocycles. The van der Waals surface area contributed by atoms with Gasteiger partial charge in [-0.1, -0.05) is 34.1 Å². The number of nitro benzene ring substituents is 1. The molecule has 1 atom stereocenters. The predicted molar refractivity (Wildman–Crippen MR) is 102 cm³/mol. The molecule has 9 nitrogen and oxygen atoms in total. The average Bonchev–Trinajstić information content (AvgIpc) is 2.96. The van der Waals surface area contributed by atoms with Gasteiger partial charge in [0.15, 0.2) is 12.4 Å². The number of carbonyl (C=O) groups excluding carboxylic acids is 4. The Morgan fingerprint density at radius 3 is 2.41 bits per heavy atom. The molecule has 2 aromatic carbocycles. The SMILES string of the molecule is C[C@@H](C(=O)OCC(=O)c1ccc(Br)cc1)N1C(=O)c2cccc([N+](=O)[O-])c2C1=O. The molecular formula is C19H13BrN2O7. The number of rotatable bonds is 6. The Bertz CT molecular complexity index is 1050. The zero-order chi connectivity index (χ0) is 21.3. The van der Waals surface area contributed by atoms with E-state index in [1.165, 1.54) is 19.1 Å². The average molecular weight is 461 g/mol. The van der Waals surface area contributed by atoms with Crippen LogP contribution in [0.3, 0.4) is 0 Å². The van der Waals surface area contributed by atoms with Crippen molar-refractivity contribution in [3.63, 3.8) is 0 Å². The second-order valence-corrected chi connectivity index (χ2v) is 7.07. The predicted octanol–water partition coefficient (Wildman–Crippen LogP) is 2.77. The number of ketones is 1. The number of Topliss-reactive ketones (excluding diaryl/α,β-unsaturated/α-hetero) is 1. The summed E-state index contributed by atoms with van der Waals surface area (Å²) in [4.78, 5) is 60.5. The van der Waals surface area contributed by atoms with Crippen LogP contribution >= 0.6 is 15.9 Å². The van der Waals surface area contributed by atoms with E-state index < -0.39 is 46.8 Å². The lowest BCUT2D eigenvalue weighted by Gasteiger charge is -2.20. The van der Waals surface area contributed by atoms with E-state index in [1.54, 1.807) is 24.3 Å². The van der Waals surface area contributed by atoms with E-state index in [2.05, 4.69) is 15.9 Å². The molecule has 0 unspecified atom stereocenters. The molecule has 3 rings (SSSR count). The van der Waals surface area contributed by atoms with Crippen LogP contribution < -0.4 is 0 Å². The number of carbonyl (C=O) groups is 4. The number of halogens is 1. The number of amides is 2. The Balaban J connectivity index is 1.73. The summed E-state index contributed by atoms with van der Waals surface area (Å²) in [5, 5.41) is 11.1. The first kappa shape index (κ1) is 20.3. The van der Waals surface area contributed by atoms with Crippen LogP contribution in [0.1, 0.15) is 38.0 Å². The van der Waals surface area contributed by atoms with Gasteiger partial charge in [0.05, 0.1) is 10.5 Å². The molecule has 1 aliphatic rings. The molecule has 2 amide bonds. The summed E-state index contributed by atoms with van der Waals surface area (Å²) >= 11 is 3.24. The number of hydrogen-bond acceptors (Lipinski definition) is 7. The van der Waals surface area contributed by atoms with E-state index in [9.17, 15) is 29.3 Å². The molecule has 0 N–H and O–H groups in total. The van der Waals surface area contributed by atoms with Gasteiger partial charge in [-0.15, -0.1) is 0 Å². The molecule has 29 heavy (non-hydrogen) atoms. The Morgan fingerprint density at radius 1 is 1.14 bits per heavy atom. The van der Waals surface area contributed by atoms with Crippen molar-refractivity contribution in [2.75, 3.05) is 6.61 Å². The number of imide groups is 1. The molecule has 0 aliphatic carbocycles. The highest BCUT2D eigenvalue weighted by molar-refractivity contribution is 9.10. The van der Waals surface area contributed by atoms with Crippen molar-refractivity contribution < 1.29 is 28.8 Å². The van der Waals surface area contributed by atoms with Crippen molar-refractivity contribution in [2.45, 2.75) is 13.0 Å². The van der Waals surface area contributed by atoms with Crippen molar-refractivity contribution in [3.8, 4) is 0 Å². The van der Waals surface area contributed by atoms with Crippen molar-refractivity contribution in [2.24, 2.45) is 0 Å².